The molecule has 1 aliphatic heterocycles. The van der Waals surface area contributed by atoms with Gasteiger partial charge in [-0.1, -0.05) is 43.7 Å². The van der Waals surface area contributed by atoms with Crippen molar-refractivity contribution in [3.8, 4) is 5.75 Å². The predicted octanol–water partition coefficient (Wildman–Crippen LogP) is 7.55. The summed E-state index contributed by atoms with van der Waals surface area (Å²) in [4.78, 5) is 0. The molecule has 1 aliphatic carbocycles. The number of rotatable bonds is 7. The molecule has 0 bridgehead atoms. The molecule has 4 rings (SSSR count). The van der Waals surface area contributed by atoms with E-state index in [1.165, 1.54) is 17.5 Å². The number of aryl methyl sites for hydroxylation is 1. The van der Waals surface area contributed by atoms with E-state index in [2.05, 4.69) is 31.2 Å². The van der Waals surface area contributed by atoms with E-state index in [0.717, 1.165) is 51.6 Å². The van der Waals surface area contributed by atoms with Crippen LogP contribution in [0.2, 0.25) is 0 Å². The molecular weight excluding hydrogens is 406 g/mol. The minimum atomic E-state index is -0.851. The van der Waals surface area contributed by atoms with Gasteiger partial charge in [0.05, 0.1) is 19.3 Å². The highest BCUT2D eigenvalue weighted by molar-refractivity contribution is 5.33. The van der Waals surface area contributed by atoms with Crippen LogP contribution >= 0.6 is 0 Å². The number of benzene rings is 2. The summed E-state index contributed by atoms with van der Waals surface area (Å²) in [6.07, 6.45) is 8.66. The Morgan fingerprint density at radius 3 is 2.19 bits per heavy atom. The van der Waals surface area contributed by atoms with Crippen LogP contribution in [0, 0.1) is 17.6 Å². The Hall–Kier alpha value is -1.94. The molecule has 4 heteroatoms. The van der Waals surface area contributed by atoms with Crippen molar-refractivity contribution in [2.24, 2.45) is 5.92 Å². The van der Waals surface area contributed by atoms with Crippen molar-refractivity contribution in [1.29, 1.82) is 0 Å². The smallest absolute Gasteiger partial charge is 0.200 e. The maximum absolute atomic E-state index is 14.6. The lowest BCUT2D eigenvalue weighted by molar-refractivity contribution is -0.0411. The second kappa shape index (κ2) is 10.8. The SMILES string of the molecule is CCCc1ccc(C2CCC(C3CCC(c4ccc(OCC)c(F)c4F)CC3)OC2)cc1. The van der Waals surface area contributed by atoms with Gasteiger partial charge in [0.1, 0.15) is 0 Å². The molecule has 0 N–H and O–H groups in total. The molecule has 174 valence electrons. The number of ether oxygens (including phenoxy) is 2. The minimum absolute atomic E-state index is 0.00704. The van der Waals surface area contributed by atoms with E-state index in [1.54, 1.807) is 19.1 Å². The molecule has 2 fully saturated rings. The zero-order chi connectivity index (χ0) is 22.5. The Morgan fingerprint density at radius 1 is 0.844 bits per heavy atom. The average molecular weight is 443 g/mol. The third kappa shape index (κ3) is 5.17. The van der Waals surface area contributed by atoms with Crippen LogP contribution in [0.1, 0.15) is 87.3 Å². The Labute approximate surface area is 191 Å². The van der Waals surface area contributed by atoms with Crippen molar-refractivity contribution in [2.75, 3.05) is 13.2 Å². The molecule has 2 nitrogen and oxygen atoms in total. The first-order valence-electron chi connectivity index (χ1n) is 12.4. The van der Waals surface area contributed by atoms with Crippen LogP contribution in [0.5, 0.6) is 5.75 Å². The van der Waals surface area contributed by atoms with Gasteiger partial charge in [-0.3, -0.25) is 0 Å². The van der Waals surface area contributed by atoms with Crippen molar-refractivity contribution in [3.63, 3.8) is 0 Å². The normalized spacial score (nSPS) is 26.1. The van der Waals surface area contributed by atoms with Gasteiger partial charge in [-0.25, -0.2) is 4.39 Å². The largest absolute Gasteiger partial charge is 0.491 e. The fraction of sp³-hybridized carbons (Fsp3) is 0.571. The quantitative estimate of drug-likeness (QED) is 0.441. The van der Waals surface area contributed by atoms with Crippen LogP contribution in [0.3, 0.4) is 0 Å². The molecular formula is C28H36F2O2. The van der Waals surface area contributed by atoms with Gasteiger partial charge in [-0.15, -0.1) is 0 Å². The van der Waals surface area contributed by atoms with E-state index in [9.17, 15) is 8.78 Å². The molecule has 2 atom stereocenters. The summed E-state index contributed by atoms with van der Waals surface area (Å²) in [6, 6.07) is 12.3. The second-order valence-corrected chi connectivity index (χ2v) is 9.46. The zero-order valence-corrected chi connectivity index (χ0v) is 19.4. The first-order chi connectivity index (χ1) is 15.6. The summed E-state index contributed by atoms with van der Waals surface area (Å²) in [7, 11) is 0. The summed E-state index contributed by atoms with van der Waals surface area (Å²) in [5.74, 6) is -0.493. The van der Waals surface area contributed by atoms with E-state index in [0.29, 0.717) is 30.1 Å². The maximum Gasteiger partial charge on any atom is 0.200 e. The third-order valence-corrected chi connectivity index (χ3v) is 7.41. The highest BCUT2D eigenvalue weighted by Gasteiger charge is 2.33. The lowest BCUT2D eigenvalue weighted by atomic mass is 9.74. The van der Waals surface area contributed by atoms with Gasteiger partial charge < -0.3 is 9.47 Å². The maximum atomic E-state index is 14.6. The predicted molar refractivity (Wildman–Crippen MR) is 124 cm³/mol. The Bertz CT molecular complexity index is 864. The fourth-order valence-corrected chi connectivity index (χ4v) is 5.58. The zero-order valence-electron chi connectivity index (χ0n) is 19.4. The minimum Gasteiger partial charge on any atom is -0.491 e. The molecule has 2 unspecified atom stereocenters. The third-order valence-electron chi connectivity index (χ3n) is 7.41. The van der Waals surface area contributed by atoms with Gasteiger partial charge in [0.2, 0.25) is 5.82 Å². The topological polar surface area (TPSA) is 18.5 Å². The standard InChI is InChI=1S/C28H36F2O2/c1-3-5-19-6-8-20(9-7-19)23-14-16-25(32-18-23)22-12-10-21(11-13-22)24-15-17-26(31-4-2)28(30)27(24)29/h6-9,15,17,21-23,25H,3-5,10-14,16,18H2,1-2H3. The van der Waals surface area contributed by atoms with Crippen LogP contribution in [-0.4, -0.2) is 19.3 Å². The average Bonchev–Trinajstić information content (AvgIpc) is 2.83. The molecule has 1 saturated carbocycles. The number of hydrogen-bond acceptors (Lipinski definition) is 2. The first-order valence-corrected chi connectivity index (χ1v) is 12.4. The number of hydrogen-bond donors (Lipinski definition) is 0. The fourth-order valence-electron chi connectivity index (χ4n) is 5.58. The van der Waals surface area contributed by atoms with Crippen molar-refractivity contribution >= 4 is 0 Å². The molecule has 2 aromatic carbocycles. The summed E-state index contributed by atoms with van der Waals surface area (Å²) in [5, 5.41) is 0. The van der Waals surface area contributed by atoms with Crippen molar-refractivity contribution in [3.05, 3.63) is 64.7 Å². The summed E-state index contributed by atoms with van der Waals surface area (Å²) in [5.41, 5.74) is 3.30. The van der Waals surface area contributed by atoms with Gasteiger partial charge in [0.25, 0.3) is 0 Å². The van der Waals surface area contributed by atoms with Gasteiger partial charge in [0.15, 0.2) is 11.6 Å². The van der Waals surface area contributed by atoms with E-state index >= 15 is 0 Å². The Balaban J connectivity index is 1.29. The molecule has 32 heavy (non-hydrogen) atoms. The van der Waals surface area contributed by atoms with Crippen LogP contribution in [0.25, 0.3) is 0 Å². The van der Waals surface area contributed by atoms with E-state index in [4.69, 9.17) is 9.47 Å². The van der Waals surface area contributed by atoms with Gasteiger partial charge in [-0.05, 0) is 86.5 Å². The van der Waals surface area contributed by atoms with Crippen molar-refractivity contribution in [1.82, 2.24) is 0 Å². The van der Waals surface area contributed by atoms with Gasteiger partial charge in [0, 0.05) is 5.92 Å². The second-order valence-electron chi connectivity index (χ2n) is 9.46. The molecule has 1 saturated heterocycles. The number of halogens is 2. The summed E-state index contributed by atoms with van der Waals surface area (Å²) < 4.78 is 40.4. The van der Waals surface area contributed by atoms with Crippen LogP contribution in [-0.2, 0) is 11.2 Å². The summed E-state index contributed by atoms with van der Waals surface area (Å²) >= 11 is 0. The van der Waals surface area contributed by atoms with Gasteiger partial charge >= 0.3 is 0 Å². The Morgan fingerprint density at radius 2 is 1.56 bits per heavy atom. The van der Waals surface area contributed by atoms with E-state index in [-0.39, 0.29) is 11.7 Å². The van der Waals surface area contributed by atoms with Crippen LogP contribution in [0.4, 0.5) is 8.78 Å². The van der Waals surface area contributed by atoms with Crippen molar-refractivity contribution in [2.45, 2.75) is 83.2 Å². The lowest BCUT2D eigenvalue weighted by Crippen LogP contribution is -2.33. The molecule has 0 radical (unpaired) electrons. The monoisotopic (exact) mass is 442 g/mol. The van der Waals surface area contributed by atoms with Crippen LogP contribution < -0.4 is 4.74 Å². The Kier molecular flexibility index (Phi) is 7.83. The van der Waals surface area contributed by atoms with E-state index in [1.807, 2.05) is 0 Å². The molecule has 2 aliphatic rings. The van der Waals surface area contributed by atoms with Gasteiger partial charge in [-0.2, -0.15) is 4.39 Å². The molecule has 0 spiro atoms. The molecule has 0 amide bonds. The summed E-state index contributed by atoms with van der Waals surface area (Å²) in [6.45, 7) is 5.10. The molecule has 0 aromatic heterocycles. The lowest BCUT2D eigenvalue weighted by Gasteiger charge is -2.38. The molecule has 2 aromatic rings. The van der Waals surface area contributed by atoms with Crippen molar-refractivity contribution < 1.29 is 18.3 Å². The highest BCUT2D eigenvalue weighted by atomic mass is 19.2. The first kappa shape index (κ1) is 23.2. The molecule has 1 heterocycles. The van der Waals surface area contributed by atoms with Crippen LogP contribution in [0.15, 0.2) is 36.4 Å². The highest BCUT2D eigenvalue weighted by Crippen LogP contribution is 2.42. The van der Waals surface area contributed by atoms with E-state index < -0.39 is 11.6 Å².